The van der Waals surface area contributed by atoms with E-state index in [-0.39, 0.29) is 33.6 Å². The van der Waals surface area contributed by atoms with Crippen LogP contribution in [-0.4, -0.2) is 51.3 Å². The maximum Gasteiger partial charge on any atom is 0.307 e. The van der Waals surface area contributed by atoms with Crippen LogP contribution in [0.25, 0.3) is 0 Å². The average molecular weight is 583 g/mol. The van der Waals surface area contributed by atoms with Crippen molar-refractivity contribution in [3.8, 4) is 0 Å². The van der Waals surface area contributed by atoms with Gasteiger partial charge >= 0.3 is 11.9 Å². The van der Waals surface area contributed by atoms with Gasteiger partial charge in [0.1, 0.15) is 0 Å². The Morgan fingerprint density at radius 1 is 0.707 bits per heavy atom. The normalized spacial score (nSPS) is 14.5. The zero-order chi connectivity index (χ0) is 31.7. The predicted octanol–water partition coefficient (Wildman–Crippen LogP) is 8.18. The lowest BCUT2D eigenvalue weighted by molar-refractivity contribution is -0.145. The molecule has 0 fully saturated rings. The van der Waals surface area contributed by atoms with E-state index in [4.69, 9.17) is 9.47 Å². The predicted molar refractivity (Wildman–Crippen MR) is 174 cm³/mol. The average Bonchev–Trinajstić information content (AvgIpc) is 2.83. The van der Waals surface area contributed by atoms with Gasteiger partial charge in [0.25, 0.3) is 0 Å². The zero-order valence-corrected chi connectivity index (χ0v) is 29.4. The Labute approximate surface area is 255 Å². The molecule has 0 saturated heterocycles. The van der Waals surface area contributed by atoms with Crippen LogP contribution >= 0.6 is 0 Å². The molecule has 41 heavy (non-hydrogen) atoms. The summed E-state index contributed by atoms with van der Waals surface area (Å²) in [6, 6.07) is 0. The summed E-state index contributed by atoms with van der Waals surface area (Å²) in [5.41, 5.74) is 0.779. The quantitative estimate of drug-likeness (QED) is 0.0934. The Hall–Kier alpha value is -1.14. The van der Waals surface area contributed by atoms with Gasteiger partial charge in [-0.1, -0.05) is 95.9 Å². The summed E-state index contributed by atoms with van der Waals surface area (Å²) in [6.45, 7) is 31.5. The van der Waals surface area contributed by atoms with Gasteiger partial charge in [-0.15, -0.1) is 0 Å². The molecule has 0 amide bonds. The number of esters is 2. The molecule has 2 unspecified atom stereocenters. The van der Waals surface area contributed by atoms with Gasteiger partial charge < -0.3 is 20.1 Å². The molecule has 0 aromatic carbocycles. The number of hydrogen-bond donors (Lipinski definition) is 2. The largest absolute Gasteiger partial charge is 0.466 e. The molecule has 6 heteroatoms. The van der Waals surface area contributed by atoms with Crippen molar-refractivity contribution in [3.63, 3.8) is 0 Å². The summed E-state index contributed by atoms with van der Waals surface area (Å²) in [5.74, 6) is 0.885. The number of carbonyl (C=O) groups excluding carboxylic acids is 2. The van der Waals surface area contributed by atoms with Gasteiger partial charge in [0.15, 0.2) is 0 Å². The van der Waals surface area contributed by atoms with E-state index < -0.39 is 0 Å². The number of carbonyl (C=O) groups is 2. The number of nitrogens with one attached hydrogen (secondary N) is 2. The Bertz CT molecular complexity index is 724. The highest BCUT2D eigenvalue weighted by molar-refractivity contribution is 5.69. The molecule has 6 nitrogen and oxygen atoms in total. The fourth-order valence-corrected chi connectivity index (χ4v) is 5.34. The smallest absolute Gasteiger partial charge is 0.307 e. The minimum Gasteiger partial charge on any atom is -0.466 e. The van der Waals surface area contributed by atoms with Crippen LogP contribution in [-0.2, 0) is 19.1 Å². The number of hydrogen-bond acceptors (Lipinski definition) is 6. The third-order valence-corrected chi connectivity index (χ3v) is 9.26. The van der Waals surface area contributed by atoms with E-state index in [9.17, 15) is 9.59 Å². The van der Waals surface area contributed by atoms with Crippen LogP contribution < -0.4 is 10.6 Å². The van der Waals surface area contributed by atoms with Crippen LogP contribution in [0.15, 0.2) is 0 Å². The van der Waals surface area contributed by atoms with E-state index in [1.807, 2.05) is 0 Å². The minimum atomic E-state index is -0.107. The first kappa shape index (κ1) is 39.9. The van der Waals surface area contributed by atoms with E-state index in [2.05, 4.69) is 93.7 Å². The van der Waals surface area contributed by atoms with Crippen LogP contribution in [0.1, 0.15) is 141 Å². The highest BCUT2D eigenvalue weighted by Gasteiger charge is 2.37. The van der Waals surface area contributed by atoms with Crippen LogP contribution in [0, 0.1) is 33.5 Å². The SMILES string of the molecule is CCCC(CNCCC(=O)OCCC(C)(C)C)C(C)(C)CC(C)(C)C(C)CCNCCC(=O)OCCC(C)(C)CC. The fourth-order valence-electron chi connectivity index (χ4n) is 5.34. The van der Waals surface area contributed by atoms with Crippen molar-refractivity contribution in [3.05, 3.63) is 0 Å². The number of rotatable bonds is 23. The third kappa shape index (κ3) is 19.6. The second-order valence-corrected chi connectivity index (χ2v) is 15.8. The van der Waals surface area contributed by atoms with Crippen LogP contribution in [0.4, 0.5) is 0 Å². The highest BCUT2D eigenvalue weighted by Crippen LogP contribution is 2.45. The molecular formula is C35H70N2O4. The Morgan fingerprint density at radius 3 is 1.76 bits per heavy atom. The molecular weight excluding hydrogens is 512 g/mol. The first-order valence-electron chi connectivity index (χ1n) is 16.6. The molecule has 0 aliphatic carbocycles. The molecule has 244 valence electrons. The lowest BCUT2D eigenvalue weighted by atomic mass is 9.63. The maximum atomic E-state index is 12.1. The second-order valence-electron chi connectivity index (χ2n) is 15.8. The molecule has 2 atom stereocenters. The van der Waals surface area contributed by atoms with Gasteiger partial charge in [0.05, 0.1) is 26.1 Å². The van der Waals surface area contributed by atoms with Crippen LogP contribution in [0.5, 0.6) is 0 Å². The van der Waals surface area contributed by atoms with Crippen molar-refractivity contribution >= 4 is 11.9 Å². The van der Waals surface area contributed by atoms with Crippen molar-refractivity contribution in [1.82, 2.24) is 10.6 Å². The topological polar surface area (TPSA) is 76.7 Å². The van der Waals surface area contributed by atoms with E-state index >= 15 is 0 Å². The molecule has 0 heterocycles. The lowest BCUT2D eigenvalue weighted by Crippen LogP contribution is -2.39. The van der Waals surface area contributed by atoms with Crippen LogP contribution in [0.2, 0.25) is 0 Å². The Kier molecular flexibility index (Phi) is 18.7. The molecule has 2 N–H and O–H groups in total. The fraction of sp³-hybridized carbons (Fsp3) is 0.943. The van der Waals surface area contributed by atoms with E-state index in [1.54, 1.807) is 0 Å². The Balaban J connectivity index is 4.50. The summed E-state index contributed by atoms with van der Waals surface area (Å²) >= 11 is 0. The zero-order valence-electron chi connectivity index (χ0n) is 29.4. The van der Waals surface area contributed by atoms with Gasteiger partial charge in [0.2, 0.25) is 0 Å². The van der Waals surface area contributed by atoms with Crippen molar-refractivity contribution in [1.29, 1.82) is 0 Å². The van der Waals surface area contributed by atoms with Crippen LogP contribution in [0.3, 0.4) is 0 Å². The summed E-state index contributed by atoms with van der Waals surface area (Å²) in [6.07, 6.45) is 8.29. The third-order valence-electron chi connectivity index (χ3n) is 9.26. The standard InChI is InChI=1S/C35H70N2O4/c1-13-15-29(26-37-23-18-31(39)40-24-19-32(4,5)6)35(11,12)27-34(9,10)28(3)16-21-36-22-17-30(38)41-25-20-33(7,8)14-2/h28-29,36-37H,13-27H2,1-12H3. The van der Waals surface area contributed by atoms with Crippen molar-refractivity contribution < 1.29 is 19.1 Å². The highest BCUT2D eigenvalue weighted by atomic mass is 16.5. The maximum absolute atomic E-state index is 12.1. The van der Waals surface area contributed by atoms with E-state index in [0.29, 0.717) is 51.0 Å². The first-order valence-corrected chi connectivity index (χ1v) is 16.6. The molecule has 0 radical (unpaired) electrons. The van der Waals surface area contributed by atoms with Gasteiger partial charge in [-0.05, 0) is 78.7 Å². The minimum absolute atomic E-state index is 0.104. The Morgan fingerprint density at radius 2 is 1.24 bits per heavy atom. The van der Waals surface area contributed by atoms with Gasteiger partial charge in [-0.2, -0.15) is 0 Å². The van der Waals surface area contributed by atoms with Gasteiger partial charge in [-0.3, -0.25) is 9.59 Å². The van der Waals surface area contributed by atoms with E-state index in [0.717, 1.165) is 51.6 Å². The molecule has 0 aromatic rings. The summed E-state index contributed by atoms with van der Waals surface area (Å²) in [5, 5.41) is 7.02. The first-order chi connectivity index (χ1) is 18.8. The molecule has 0 bridgehead atoms. The lowest BCUT2D eigenvalue weighted by Gasteiger charge is -2.43. The summed E-state index contributed by atoms with van der Waals surface area (Å²) < 4.78 is 10.8. The monoisotopic (exact) mass is 583 g/mol. The molecule has 0 rings (SSSR count). The van der Waals surface area contributed by atoms with Crippen molar-refractivity contribution in [2.24, 2.45) is 33.5 Å². The van der Waals surface area contributed by atoms with Gasteiger partial charge in [-0.25, -0.2) is 0 Å². The molecule has 0 aliphatic rings. The van der Waals surface area contributed by atoms with Gasteiger partial charge in [0, 0.05) is 13.1 Å². The molecule has 0 aliphatic heterocycles. The van der Waals surface area contributed by atoms with E-state index in [1.165, 1.54) is 6.42 Å². The van der Waals surface area contributed by atoms with Crippen molar-refractivity contribution in [2.75, 3.05) is 39.4 Å². The summed E-state index contributed by atoms with van der Waals surface area (Å²) in [7, 11) is 0. The second kappa shape index (κ2) is 19.2. The molecule has 0 aromatic heterocycles. The summed E-state index contributed by atoms with van der Waals surface area (Å²) in [4.78, 5) is 24.2. The molecule has 0 spiro atoms. The van der Waals surface area contributed by atoms with Crippen molar-refractivity contribution in [2.45, 2.75) is 141 Å². The molecule has 0 saturated carbocycles. The number of ether oxygens (including phenoxy) is 2.